The van der Waals surface area contributed by atoms with Crippen molar-refractivity contribution < 1.29 is 32.1 Å². The van der Waals surface area contributed by atoms with Crippen molar-refractivity contribution in [1.29, 1.82) is 0 Å². The molecule has 0 amide bonds. The van der Waals surface area contributed by atoms with E-state index in [1.807, 2.05) is 0 Å². The fraction of sp³-hybridized carbons (Fsp3) is 0.263. The first-order chi connectivity index (χ1) is 16.9. The number of halogens is 4. The van der Waals surface area contributed by atoms with E-state index in [2.05, 4.69) is 10.1 Å². The van der Waals surface area contributed by atoms with Crippen LogP contribution in [-0.2, 0) is 10.0 Å². The molecule has 1 atom stereocenters. The van der Waals surface area contributed by atoms with E-state index in [0.717, 1.165) is 28.7 Å². The van der Waals surface area contributed by atoms with E-state index in [1.165, 1.54) is 0 Å². The lowest BCUT2D eigenvalue weighted by Crippen LogP contribution is -2.34. The fourth-order valence-corrected chi connectivity index (χ4v) is 5.46. The maximum atomic E-state index is 13.0. The van der Waals surface area contributed by atoms with Crippen molar-refractivity contribution in [2.24, 2.45) is 0 Å². The average molecular weight is 566 g/mol. The summed E-state index contributed by atoms with van der Waals surface area (Å²) in [5.41, 5.74) is -3.87. The minimum Gasteiger partial charge on any atom is -0.505 e. The lowest BCUT2D eigenvalue weighted by Gasteiger charge is -2.17. The molecule has 3 aromatic rings. The van der Waals surface area contributed by atoms with Crippen molar-refractivity contribution in [3.8, 4) is 23.1 Å². The largest absolute Gasteiger partial charge is 0.505 e. The van der Waals surface area contributed by atoms with E-state index in [4.69, 9.17) is 27.9 Å². The van der Waals surface area contributed by atoms with E-state index >= 15 is 0 Å². The molecule has 192 valence electrons. The topological polar surface area (TPSA) is 168 Å². The molecule has 12 nitrogen and oxygen atoms in total. The highest BCUT2D eigenvalue weighted by Crippen LogP contribution is 2.39. The summed E-state index contributed by atoms with van der Waals surface area (Å²) in [5, 5.41) is 22.6. The predicted octanol–water partition coefficient (Wildman–Crippen LogP) is 1.81. The highest BCUT2D eigenvalue weighted by Gasteiger charge is 2.34. The molecule has 4 rings (SSSR count). The van der Waals surface area contributed by atoms with Gasteiger partial charge in [-0.15, -0.1) is 0 Å². The van der Waals surface area contributed by atoms with Gasteiger partial charge in [0.25, 0.3) is 12.0 Å². The fourth-order valence-electron chi connectivity index (χ4n) is 3.34. The summed E-state index contributed by atoms with van der Waals surface area (Å²) in [5.74, 6) is -1.23. The van der Waals surface area contributed by atoms with E-state index in [0.29, 0.717) is 4.68 Å². The van der Waals surface area contributed by atoms with Gasteiger partial charge in [0.15, 0.2) is 17.2 Å². The maximum absolute atomic E-state index is 13.0. The van der Waals surface area contributed by atoms with Gasteiger partial charge in [-0.3, -0.25) is 9.78 Å². The second kappa shape index (κ2) is 9.74. The number of benzene rings is 1. The molecule has 3 N–H and O–H groups in total. The molecule has 1 fully saturated rings. The number of H-pyrrole nitrogens is 1. The van der Waals surface area contributed by atoms with E-state index in [9.17, 15) is 37.0 Å². The Morgan fingerprint density at radius 3 is 2.44 bits per heavy atom. The first-order valence-corrected chi connectivity index (χ1v) is 12.1. The summed E-state index contributed by atoms with van der Waals surface area (Å²) in [7, 11) is -4.20. The van der Waals surface area contributed by atoms with Crippen LogP contribution in [0.1, 0.15) is 18.5 Å². The Labute approximate surface area is 210 Å². The van der Waals surface area contributed by atoms with Crippen LogP contribution in [0.4, 0.5) is 8.78 Å². The normalized spacial score (nSPS) is 16.6. The van der Waals surface area contributed by atoms with Gasteiger partial charge in [0.05, 0.1) is 28.0 Å². The molecule has 0 spiro atoms. The van der Waals surface area contributed by atoms with Crippen LogP contribution in [0.2, 0.25) is 10.0 Å². The van der Waals surface area contributed by atoms with Crippen LogP contribution in [0.15, 0.2) is 38.9 Å². The molecule has 0 bridgehead atoms. The summed E-state index contributed by atoms with van der Waals surface area (Å²) < 4.78 is 58.8. The number of aliphatic hydroxyl groups excluding tert-OH is 1. The number of rotatable bonds is 6. The molecule has 1 saturated heterocycles. The quantitative estimate of drug-likeness (QED) is 0.403. The van der Waals surface area contributed by atoms with Crippen LogP contribution >= 0.6 is 23.2 Å². The lowest BCUT2D eigenvalue weighted by atomic mass is 10.3. The Morgan fingerprint density at radius 2 is 1.86 bits per heavy atom. The number of pyridine rings is 1. The van der Waals surface area contributed by atoms with Gasteiger partial charge in [-0.05, 0) is 18.6 Å². The van der Waals surface area contributed by atoms with Gasteiger partial charge in [0.1, 0.15) is 4.90 Å². The highest BCUT2D eigenvalue weighted by molar-refractivity contribution is 7.89. The molecule has 1 aliphatic heterocycles. The van der Waals surface area contributed by atoms with E-state index < -0.39 is 50.1 Å². The number of aliphatic hydroxyl groups is 1. The second-order valence-electron chi connectivity index (χ2n) is 7.49. The van der Waals surface area contributed by atoms with Gasteiger partial charge in [0, 0.05) is 19.2 Å². The number of hydrogen-bond donors (Lipinski definition) is 3. The maximum Gasteiger partial charge on any atom is 0.349 e. The zero-order chi connectivity index (χ0) is 26.4. The molecule has 1 aromatic carbocycles. The smallest absolute Gasteiger partial charge is 0.349 e. The summed E-state index contributed by atoms with van der Waals surface area (Å²) in [6.45, 7) is -0.100. The number of aromatic amines is 1. The number of hydrogen-bond acceptors (Lipinski definition) is 9. The third kappa shape index (κ3) is 4.92. The van der Waals surface area contributed by atoms with E-state index in [1.54, 1.807) is 4.98 Å². The van der Waals surface area contributed by atoms with Crippen LogP contribution in [0.5, 0.6) is 17.4 Å². The Morgan fingerprint density at radius 1 is 1.19 bits per heavy atom. The molecular formula is C19H15Cl2F2N5O7S. The molecule has 2 aromatic heterocycles. The molecule has 17 heteroatoms. The third-order valence-electron chi connectivity index (χ3n) is 5.06. The van der Waals surface area contributed by atoms with Crippen LogP contribution in [-0.4, -0.2) is 61.9 Å². The number of aromatic hydroxyl groups is 1. The molecule has 3 heterocycles. The molecule has 0 radical (unpaired) electrons. The van der Waals surface area contributed by atoms with Crippen molar-refractivity contribution in [3.63, 3.8) is 0 Å². The van der Waals surface area contributed by atoms with Crippen LogP contribution < -0.4 is 16.0 Å². The van der Waals surface area contributed by atoms with Gasteiger partial charge in [0.2, 0.25) is 15.9 Å². The van der Waals surface area contributed by atoms with Crippen LogP contribution in [0.25, 0.3) is 5.69 Å². The molecule has 0 aliphatic carbocycles. The zero-order valence-corrected chi connectivity index (χ0v) is 20.1. The van der Waals surface area contributed by atoms with Crippen molar-refractivity contribution in [2.75, 3.05) is 13.1 Å². The van der Waals surface area contributed by atoms with Crippen molar-refractivity contribution in [3.05, 3.63) is 61.0 Å². The summed E-state index contributed by atoms with van der Waals surface area (Å²) in [4.78, 5) is 28.6. The molecular weight excluding hydrogens is 551 g/mol. The van der Waals surface area contributed by atoms with Crippen LogP contribution in [0.3, 0.4) is 0 Å². The molecule has 0 unspecified atom stereocenters. The minimum absolute atomic E-state index is 0.0476. The molecule has 0 saturated carbocycles. The average Bonchev–Trinajstić information content (AvgIpc) is 3.24. The number of aromatic nitrogens is 4. The number of ether oxygens (including phenoxy) is 1. The van der Waals surface area contributed by atoms with Gasteiger partial charge in [-0.25, -0.2) is 27.0 Å². The second-order valence-corrected chi connectivity index (χ2v) is 10.2. The zero-order valence-electron chi connectivity index (χ0n) is 17.7. The number of sulfonamides is 1. The van der Waals surface area contributed by atoms with Crippen molar-refractivity contribution >= 4 is 33.2 Å². The van der Waals surface area contributed by atoms with Crippen molar-refractivity contribution in [1.82, 2.24) is 24.1 Å². The highest BCUT2D eigenvalue weighted by atomic mass is 35.5. The summed E-state index contributed by atoms with van der Waals surface area (Å²) in [6, 6.07) is 3.08. The third-order valence-corrected chi connectivity index (χ3v) is 7.51. The monoisotopic (exact) mass is 565 g/mol. The van der Waals surface area contributed by atoms with Gasteiger partial charge in [-0.1, -0.05) is 23.2 Å². The Balaban J connectivity index is 1.69. The first-order valence-electron chi connectivity index (χ1n) is 9.94. The van der Waals surface area contributed by atoms with Gasteiger partial charge in [-0.2, -0.15) is 14.1 Å². The lowest BCUT2D eigenvalue weighted by molar-refractivity contribution is 0.141. The number of β-amino-alcohol motifs (C(OH)–C–C–N with tert-alkyl or cyclic N) is 1. The number of nitrogens with zero attached hydrogens (tertiary/aromatic N) is 4. The number of alkyl halides is 2. The number of nitrogens with one attached hydrogen (secondary N) is 1. The van der Waals surface area contributed by atoms with Crippen LogP contribution in [0, 0.1) is 0 Å². The summed E-state index contributed by atoms with van der Waals surface area (Å²) in [6.07, 6.45) is -3.03. The van der Waals surface area contributed by atoms with Crippen molar-refractivity contribution in [2.45, 2.75) is 23.8 Å². The molecule has 1 aliphatic rings. The minimum atomic E-state index is -4.20. The first kappa shape index (κ1) is 26.0. The Hall–Kier alpha value is -3.11. The predicted molar refractivity (Wildman–Crippen MR) is 121 cm³/mol. The molecule has 36 heavy (non-hydrogen) atoms. The summed E-state index contributed by atoms with van der Waals surface area (Å²) >= 11 is 12.4. The SMILES string of the molecule is O=c1[nH]c(=O)n(-c2cc(Cl)c(Oc3cc(S(=O)(=O)N4CC[C@H](O)C4)c(O)cn3)c(Cl)c2)nc1C(F)F. The standard InChI is InChI=1S/C19H15Cl2F2N5O7S/c20-10-3-8(28-19(32)25-18(31)15(26-28)17(22)23)4-11(21)16(10)35-14-5-13(12(30)6-24-14)36(33,34)27-2-1-9(29)7-27/h3-6,9,17,29-30H,1-2,7H2,(H,25,31,32)/t9-/m0/s1. The van der Waals surface area contributed by atoms with Gasteiger partial charge < -0.3 is 14.9 Å². The Kier molecular flexibility index (Phi) is 7.03. The van der Waals surface area contributed by atoms with Gasteiger partial charge >= 0.3 is 5.69 Å². The Bertz CT molecular complexity index is 1540. The van der Waals surface area contributed by atoms with E-state index in [-0.39, 0.29) is 46.9 Å².